The monoisotopic (exact) mass is 392 g/mol. The van der Waals surface area contributed by atoms with E-state index in [2.05, 4.69) is 27.3 Å². The van der Waals surface area contributed by atoms with Crippen LogP contribution in [-0.2, 0) is 0 Å². The highest BCUT2D eigenvalue weighted by molar-refractivity contribution is 7.11. The van der Waals surface area contributed by atoms with E-state index >= 15 is 0 Å². The third kappa shape index (κ3) is 3.34. The van der Waals surface area contributed by atoms with E-state index in [1.54, 1.807) is 17.6 Å². The van der Waals surface area contributed by atoms with Gasteiger partial charge in [-0.1, -0.05) is 31.5 Å². The van der Waals surface area contributed by atoms with Gasteiger partial charge in [0, 0.05) is 11.4 Å². The first kappa shape index (κ1) is 18.1. The minimum Gasteiger partial charge on any atom is -0.383 e. The third-order valence-corrected chi connectivity index (χ3v) is 5.17. The lowest BCUT2D eigenvalue weighted by molar-refractivity contribution is 0.0955. The van der Waals surface area contributed by atoms with Crippen molar-refractivity contribution in [3.05, 3.63) is 52.2 Å². The van der Waals surface area contributed by atoms with Crippen molar-refractivity contribution in [2.75, 3.05) is 12.3 Å². The van der Waals surface area contributed by atoms with Gasteiger partial charge >= 0.3 is 0 Å². The van der Waals surface area contributed by atoms with Crippen LogP contribution in [0.2, 0.25) is 0 Å². The van der Waals surface area contributed by atoms with Crippen molar-refractivity contribution >= 4 is 51.5 Å². The van der Waals surface area contributed by atoms with Crippen LogP contribution in [0.25, 0.3) is 22.2 Å². The molecule has 142 valence electrons. The molecule has 7 nitrogen and oxygen atoms in total. The minimum absolute atomic E-state index is 0.229. The zero-order valence-corrected chi connectivity index (χ0v) is 16.2. The van der Waals surface area contributed by atoms with Gasteiger partial charge in [0.2, 0.25) is 0 Å². The van der Waals surface area contributed by atoms with Gasteiger partial charge in [0.25, 0.3) is 5.91 Å². The lowest BCUT2D eigenvalue weighted by Gasteiger charge is -2.04. The number of thiophene rings is 1. The summed E-state index contributed by atoms with van der Waals surface area (Å²) < 4.78 is 1.49. The van der Waals surface area contributed by atoms with Crippen LogP contribution < -0.4 is 11.1 Å². The van der Waals surface area contributed by atoms with Crippen LogP contribution >= 0.6 is 11.3 Å². The Kier molecular flexibility index (Phi) is 5.03. The first-order valence-corrected chi connectivity index (χ1v) is 9.99. The number of unbranched alkanes of at least 4 members (excludes halogenated alkanes) is 1. The molecule has 0 aliphatic carbocycles. The zero-order chi connectivity index (χ0) is 19.5. The van der Waals surface area contributed by atoms with E-state index in [1.807, 2.05) is 41.8 Å². The molecule has 1 amide bonds. The Morgan fingerprint density at radius 2 is 2.04 bits per heavy atom. The molecule has 3 N–H and O–H groups in total. The number of fused-ring (bicyclic) bond motifs is 2. The zero-order valence-electron chi connectivity index (χ0n) is 15.4. The lowest BCUT2D eigenvalue weighted by atomic mass is 10.2. The van der Waals surface area contributed by atoms with Gasteiger partial charge in [-0.2, -0.15) is 9.78 Å². The minimum atomic E-state index is -0.259. The fourth-order valence-corrected chi connectivity index (χ4v) is 3.51. The number of nitrogens with zero attached hydrogens (tertiary/aromatic N) is 4. The standard InChI is InChI=1S/C20H20N6OS/c1-2-3-10-22-20(27)16-17-19(25-15-9-5-4-8-14(15)24-17)26(18(16)21)23-12-13-7-6-11-28-13/h4-9,11-12H,2-3,10,21H2,1H3,(H,22,27)/b23-12-. The number of hydrogen-bond acceptors (Lipinski definition) is 6. The van der Waals surface area contributed by atoms with Gasteiger partial charge in [-0.25, -0.2) is 9.97 Å². The summed E-state index contributed by atoms with van der Waals surface area (Å²) in [5.41, 5.74) is 8.99. The van der Waals surface area contributed by atoms with E-state index in [1.165, 1.54) is 4.68 Å². The first-order valence-electron chi connectivity index (χ1n) is 9.11. The molecule has 1 aromatic carbocycles. The van der Waals surface area contributed by atoms with Gasteiger partial charge in [-0.05, 0) is 30.0 Å². The molecule has 8 heteroatoms. The van der Waals surface area contributed by atoms with Gasteiger partial charge in [0.15, 0.2) is 5.65 Å². The molecular formula is C20H20N6OS. The lowest BCUT2D eigenvalue weighted by Crippen LogP contribution is -2.25. The smallest absolute Gasteiger partial charge is 0.257 e. The summed E-state index contributed by atoms with van der Waals surface area (Å²) in [6.45, 7) is 2.66. The van der Waals surface area contributed by atoms with Crippen LogP contribution in [0.1, 0.15) is 35.0 Å². The van der Waals surface area contributed by atoms with Crippen molar-refractivity contribution in [3.63, 3.8) is 0 Å². The average Bonchev–Trinajstić information content (AvgIpc) is 3.30. The highest BCUT2D eigenvalue weighted by Crippen LogP contribution is 2.27. The largest absolute Gasteiger partial charge is 0.383 e. The van der Waals surface area contributed by atoms with E-state index in [9.17, 15) is 4.79 Å². The molecule has 0 aliphatic rings. The Morgan fingerprint density at radius 1 is 1.25 bits per heavy atom. The SMILES string of the molecule is CCCCNC(=O)c1c(N)n(/N=C\c2cccs2)c2nc3ccccc3nc12. The number of nitrogens with two attached hydrogens (primary N) is 1. The van der Waals surface area contributed by atoms with E-state index < -0.39 is 0 Å². The summed E-state index contributed by atoms with van der Waals surface area (Å²) in [5, 5.41) is 9.36. The van der Waals surface area contributed by atoms with E-state index in [-0.39, 0.29) is 11.7 Å². The Bertz CT molecular complexity index is 1160. The molecule has 0 atom stereocenters. The number of aromatic nitrogens is 3. The maximum absolute atomic E-state index is 12.8. The van der Waals surface area contributed by atoms with Gasteiger partial charge in [-0.3, -0.25) is 4.79 Å². The Labute approximate surface area is 165 Å². The maximum atomic E-state index is 12.8. The first-order chi connectivity index (χ1) is 13.7. The van der Waals surface area contributed by atoms with Crippen molar-refractivity contribution in [1.82, 2.24) is 20.0 Å². The van der Waals surface area contributed by atoms with E-state index in [0.717, 1.165) is 23.2 Å². The molecule has 0 radical (unpaired) electrons. The summed E-state index contributed by atoms with van der Waals surface area (Å²) >= 11 is 1.56. The fraction of sp³-hybridized carbons (Fsp3) is 0.200. The molecule has 0 bridgehead atoms. The van der Waals surface area contributed by atoms with Crippen molar-refractivity contribution in [2.45, 2.75) is 19.8 Å². The molecule has 3 aromatic heterocycles. The van der Waals surface area contributed by atoms with Gasteiger partial charge < -0.3 is 11.1 Å². The number of nitrogens with one attached hydrogen (secondary N) is 1. The second-order valence-electron chi connectivity index (χ2n) is 6.33. The molecule has 4 aromatic rings. The van der Waals surface area contributed by atoms with Crippen LogP contribution in [0, 0.1) is 0 Å². The second kappa shape index (κ2) is 7.77. The third-order valence-electron chi connectivity index (χ3n) is 4.36. The van der Waals surface area contributed by atoms with Crippen molar-refractivity contribution in [2.24, 2.45) is 5.10 Å². The van der Waals surface area contributed by atoms with Gasteiger partial charge in [0.1, 0.15) is 16.9 Å². The van der Waals surface area contributed by atoms with Gasteiger partial charge in [0.05, 0.1) is 17.2 Å². The number of carbonyl (C=O) groups excluding carboxylic acids is 1. The summed E-state index contributed by atoms with van der Waals surface area (Å²) in [6, 6.07) is 11.4. The maximum Gasteiger partial charge on any atom is 0.257 e. The summed E-state index contributed by atoms with van der Waals surface area (Å²) in [7, 11) is 0. The molecular weight excluding hydrogens is 372 g/mol. The number of amides is 1. The highest BCUT2D eigenvalue weighted by atomic mass is 32.1. The van der Waals surface area contributed by atoms with Crippen molar-refractivity contribution < 1.29 is 4.79 Å². The van der Waals surface area contributed by atoms with E-state index in [0.29, 0.717) is 28.8 Å². The van der Waals surface area contributed by atoms with Gasteiger partial charge in [-0.15, -0.1) is 11.3 Å². The second-order valence-corrected chi connectivity index (χ2v) is 7.31. The average molecular weight is 392 g/mol. The molecule has 0 aliphatic heterocycles. The molecule has 4 rings (SSSR count). The Hall–Kier alpha value is -3.26. The molecule has 0 saturated heterocycles. The predicted molar refractivity (Wildman–Crippen MR) is 114 cm³/mol. The molecule has 28 heavy (non-hydrogen) atoms. The summed E-state index contributed by atoms with van der Waals surface area (Å²) in [5.74, 6) is -0.0299. The van der Waals surface area contributed by atoms with Crippen LogP contribution in [0.4, 0.5) is 5.82 Å². The molecule has 3 heterocycles. The quantitative estimate of drug-likeness (QED) is 0.387. The van der Waals surface area contributed by atoms with Crippen LogP contribution in [0.15, 0.2) is 46.9 Å². The summed E-state index contributed by atoms with van der Waals surface area (Å²) in [6.07, 6.45) is 3.60. The Balaban J connectivity index is 1.88. The van der Waals surface area contributed by atoms with Crippen molar-refractivity contribution in [3.8, 4) is 0 Å². The number of benzene rings is 1. The number of hydrogen-bond donors (Lipinski definition) is 2. The normalized spacial score (nSPS) is 11.6. The molecule has 0 saturated carbocycles. The molecule has 0 spiro atoms. The number of anilines is 1. The van der Waals surface area contributed by atoms with E-state index in [4.69, 9.17) is 5.73 Å². The van der Waals surface area contributed by atoms with Crippen LogP contribution in [0.5, 0.6) is 0 Å². The fourth-order valence-electron chi connectivity index (χ4n) is 2.93. The molecule has 0 fully saturated rings. The van der Waals surface area contributed by atoms with Crippen LogP contribution in [-0.4, -0.2) is 33.3 Å². The van der Waals surface area contributed by atoms with Crippen LogP contribution in [0.3, 0.4) is 0 Å². The number of carbonyl (C=O) groups is 1. The number of nitrogen functional groups attached to an aromatic ring is 1. The number of rotatable bonds is 6. The summed E-state index contributed by atoms with van der Waals surface area (Å²) in [4.78, 5) is 23.1. The Morgan fingerprint density at radius 3 is 2.75 bits per heavy atom. The predicted octanol–water partition coefficient (Wildman–Crippen LogP) is 3.64. The van der Waals surface area contributed by atoms with Crippen molar-refractivity contribution in [1.29, 1.82) is 0 Å². The topological polar surface area (TPSA) is 98.2 Å². The highest BCUT2D eigenvalue weighted by Gasteiger charge is 2.23. The molecule has 0 unspecified atom stereocenters. The number of para-hydroxylation sites is 2.